The van der Waals surface area contributed by atoms with E-state index >= 15 is 0 Å². The van der Waals surface area contributed by atoms with E-state index in [9.17, 15) is 14.7 Å². The lowest BCUT2D eigenvalue weighted by Gasteiger charge is -2.39. The minimum atomic E-state index is -0.517. The van der Waals surface area contributed by atoms with Crippen LogP contribution in [0.3, 0.4) is 0 Å². The average molecular weight is 304 g/mol. The first-order chi connectivity index (χ1) is 10.5. The summed E-state index contributed by atoms with van der Waals surface area (Å²) in [4.78, 5) is 25.0. The van der Waals surface area contributed by atoms with E-state index < -0.39 is 6.10 Å². The molecule has 1 aliphatic heterocycles. The molecule has 2 N–H and O–H groups in total. The van der Waals surface area contributed by atoms with Gasteiger partial charge in [-0.15, -0.1) is 0 Å². The standard InChI is InChI=1S/C17H24N2O3/c1-12-5-7-14(8-6-12)10-15-16(21)4-3-9-19(15)17(22)11-18-13(2)20/h5-8,15-16,21H,3-4,9-11H2,1-2H3,(H,18,20)/t15-,16-/m0/s1. The Hall–Kier alpha value is -1.88. The van der Waals surface area contributed by atoms with Crippen molar-refractivity contribution >= 4 is 11.8 Å². The second kappa shape index (κ2) is 7.40. The van der Waals surface area contributed by atoms with E-state index in [1.165, 1.54) is 12.5 Å². The summed E-state index contributed by atoms with van der Waals surface area (Å²) in [5, 5.41) is 12.8. The molecule has 0 unspecified atom stereocenters. The van der Waals surface area contributed by atoms with Gasteiger partial charge in [0.1, 0.15) is 0 Å². The van der Waals surface area contributed by atoms with Gasteiger partial charge < -0.3 is 15.3 Å². The van der Waals surface area contributed by atoms with Crippen LogP contribution in [0, 0.1) is 6.92 Å². The van der Waals surface area contributed by atoms with Crippen LogP contribution in [-0.4, -0.2) is 47.1 Å². The molecule has 22 heavy (non-hydrogen) atoms. The molecule has 5 heteroatoms. The second-order valence-corrected chi connectivity index (χ2v) is 5.96. The van der Waals surface area contributed by atoms with Crippen LogP contribution in [0.5, 0.6) is 0 Å². The molecule has 120 valence electrons. The molecule has 1 heterocycles. The minimum absolute atomic E-state index is 0.00749. The van der Waals surface area contributed by atoms with Crippen LogP contribution >= 0.6 is 0 Å². The SMILES string of the molecule is CC(=O)NCC(=O)N1CCC[C@H](O)[C@@H]1Cc1ccc(C)cc1. The lowest BCUT2D eigenvalue weighted by Crippen LogP contribution is -2.54. The number of nitrogens with zero attached hydrogens (tertiary/aromatic N) is 1. The van der Waals surface area contributed by atoms with Gasteiger partial charge in [0.05, 0.1) is 18.7 Å². The quantitative estimate of drug-likeness (QED) is 0.873. The van der Waals surface area contributed by atoms with E-state index in [-0.39, 0.29) is 24.4 Å². The summed E-state index contributed by atoms with van der Waals surface area (Å²) in [5.41, 5.74) is 2.29. The highest BCUT2D eigenvalue weighted by atomic mass is 16.3. The largest absolute Gasteiger partial charge is 0.391 e. The van der Waals surface area contributed by atoms with Gasteiger partial charge in [-0.3, -0.25) is 9.59 Å². The van der Waals surface area contributed by atoms with Crippen LogP contribution < -0.4 is 5.32 Å². The molecule has 1 aromatic carbocycles. The van der Waals surface area contributed by atoms with Gasteiger partial charge in [-0.25, -0.2) is 0 Å². The topological polar surface area (TPSA) is 69.6 Å². The van der Waals surface area contributed by atoms with E-state index in [0.29, 0.717) is 19.4 Å². The highest BCUT2D eigenvalue weighted by Gasteiger charge is 2.33. The van der Waals surface area contributed by atoms with Gasteiger partial charge in [0.15, 0.2) is 0 Å². The summed E-state index contributed by atoms with van der Waals surface area (Å²) in [6, 6.07) is 7.92. The fourth-order valence-corrected chi connectivity index (χ4v) is 2.86. The fraction of sp³-hybridized carbons (Fsp3) is 0.529. The Kier molecular flexibility index (Phi) is 5.55. The molecule has 1 aliphatic rings. The molecule has 2 amide bonds. The summed E-state index contributed by atoms with van der Waals surface area (Å²) in [5.74, 6) is -0.355. The molecule has 2 atom stereocenters. The Morgan fingerprint density at radius 3 is 2.64 bits per heavy atom. The zero-order valence-electron chi connectivity index (χ0n) is 13.2. The van der Waals surface area contributed by atoms with Crippen molar-refractivity contribution in [2.75, 3.05) is 13.1 Å². The summed E-state index contributed by atoms with van der Waals surface area (Å²) >= 11 is 0. The first-order valence-corrected chi connectivity index (χ1v) is 7.75. The van der Waals surface area contributed by atoms with Crippen LogP contribution in [0.15, 0.2) is 24.3 Å². The Labute approximate surface area is 131 Å². The Bertz CT molecular complexity index is 527. The van der Waals surface area contributed by atoms with Crippen LogP contribution in [-0.2, 0) is 16.0 Å². The van der Waals surface area contributed by atoms with Gasteiger partial charge in [-0.2, -0.15) is 0 Å². The molecule has 1 fully saturated rings. The summed E-state index contributed by atoms with van der Waals surface area (Å²) < 4.78 is 0. The minimum Gasteiger partial charge on any atom is -0.391 e. The van der Waals surface area contributed by atoms with Crippen molar-refractivity contribution in [2.24, 2.45) is 0 Å². The number of piperidine rings is 1. The zero-order chi connectivity index (χ0) is 16.1. The molecule has 0 saturated carbocycles. The number of amides is 2. The number of rotatable bonds is 4. The maximum atomic E-state index is 12.3. The van der Waals surface area contributed by atoms with E-state index in [2.05, 4.69) is 5.32 Å². The van der Waals surface area contributed by atoms with E-state index in [4.69, 9.17) is 0 Å². The third-order valence-corrected chi connectivity index (χ3v) is 4.12. The molecule has 2 rings (SSSR count). The molecule has 5 nitrogen and oxygen atoms in total. The lowest BCUT2D eigenvalue weighted by atomic mass is 9.92. The van der Waals surface area contributed by atoms with Crippen LogP contribution in [0.1, 0.15) is 30.9 Å². The van der Waals surface area contributed by atoms with E-state index in [0.717, 1.165) is 12.0 Å². The third-order valence-electron chi connectivity index (χ3n) is 4.12. The van der Waals surface area contributed by atoms with Crippen molar-refractivity contribution in [3.8, 4) is 0 Å². The second-order valence-electron chi connectivity index (χ2n) is 5.96. The van der Waals surface area contributed by atoms with E-state index in [1.54, 1.807) is 4.90 Å². The van der Waals surface area contributed by atoms with Gasteiger partial charge in [0, 0.05) is 13.5 Å². The molecular weight excluding hydrogens is 280 g/mol. The molecule has 0 aromatic heterocycles. The van der Waals surface area contributed by atoms with Crippen molar-refractivity contribution in [2.45, 2.75) is 45.3 Å². The lowest BCUT2D eigenvalue weighted by molar-refractivity contribution is -0.139. The van der Waals surface area contributed by atoms with Crippen LogP contribution in [0.25, 0.3) is 0 Å². The van der Waals surface area contributed by atoms with Crippen molar-refractivity contribution in [3.05, 3.63) is 35.4 Å². The predicted octanol–water partition coefficient (Wildman–Crippen LogP) is 1.03. The van der Waals surface area contributed by atoms with Crippen molar-refractivity contribution in [1.29, 1.82) is 0 Å². The predicted molar refractivity (Wildman–Crippen MR) is 84.3 cm³/mol. The van der Waals surface area contributed by atoms with Gasteiger partial charge in [-0.1, -0.05) is 29.8 Å². The smallest absolute Gasteiger partial charge is 0.242 e. The summed E-state index contributed by atoms with van der Waals surface area (Å²) in [6.45, 7) is 4.04. The Balaban J connectivity index is 2.07. The monoisotopic (exact) mass is 304 g/mol. The van der Waals surface area contributed by atoms with Crippen LogP contribution in [0.4, 0.5) is 0 Å². The molecule has 1 aromatic rings. The van der Waals surface area contributed by atoms with Crippen molar-refractivity contribution in [1.82, 2.24) is 10.2 Å². The number of nitrogens with one attached hydrogen (secondary N) is 1. The highest BCUT2D eigenvalue weighted by Crippen LogP contribution is 2.21. The number of aliphatic hydroxyl groups excluding tert-OH is 1. The molecule has 0 spiro atoms. The van der Waals surface area contributed by atoms with E-state index in [1.807, 2.05) is 31.2 Å². The first-order valence-electron chi connectivity index (χ1n) is 7.75. The number of benzene rings is 1. The fourth-order valence-electron chi connectivity index (χ4n) is 2.86. The molecule has 1 saturated heterocycles. The number of hydrogen-bond donors (Lipinski definition) is 2. The maximum Gasteiger partial charge on any atom is 0.242 e. The zero-order valence-corrected chi connectivity index (χ0v) is 13.2. The Morgan fingerprint density at radius 1 is 1.32 bits per heavy atom. The average Bonchev–Trinajstić information content (AvgIpc) is 2.49. The number of carbonyl (C=O) groups is 2. The van der Waals surface area contributed by atoms with Crippen molar-refractivity contribution in [3.63, 3.8) is 0 Å². The molecular formula is C17H24N2O3. The number of likely N-dealkylation sites (tertiary alicyclic amines) is 1. The van der Waals surface area contributed by atoms with Gasteiger partial charge in [0.25, 0.3) is 0 Å². The molecule has 0 bridgehead atoms. The van der Waals surface area contributed by atoms with Crippen molar-refractivity contribution < 1.29 is 14.7 Å². The number of hydrogen-bond acceptors (Lipinski definition) is 3. The third kappa shape index (κ3) is 4.31. The highest BCUT2D eigenvalue weighted by molar-refractivity contribution is 5.84. The van der Waals surface area contributed by atoms with Gasteiger partial charge in [0.2, 0.25) is 11.8 Å². The Morgan fingerprint density at radius 2 is 2.00 bits per heavy atom. The molecule has 0 radical (unpaired) electrons. The molecule has 0 aliphatic carbocycles. The number of aliphatic hydroxyl groups is 1. The number of carbonyl (C=O) groups excluding carboxylic acids is 2. The summed E-state index contributed by atoms with van der Waals surface area (Å²) in [6.07, 6.45) is 1.61. The number of aryl methyl sites for hydroxylation is 1. The maximum absolute atomic E-state index is 12.3. The van der Waals surface area contributed by atoms with Gasteiger partial charge in [-0.05, 0) is 31.7 Å². The summed E-state index contributed by atoms with van der Waals surface area (Å²) in [7, 11) is 0. The normalized spacial score (nSPS) is 21.5. The van der Waals surface area contributed by atoms with Gasteiger partial charge >= 0.3 is 0 Å². The first kappa shape index (κ1) is 16.5. The van der Waals surface area contributed by atoms with Crippen LogP contribution in [0.2, 0.25) is 0 Å².